The number of hydrogen-bond donors (Lipinski definition) is 2. The van der Waals surface area contributed by atoms with Crippen LogP contribution in [0.4, 0.5) is 0 Å². The topological polar surface area (TPSA) is 76.8 Å². The van der Waals surface area contributed by atoms with Crippen LogP contribution in [-0.2, 0) is 0 Å². The zero-order chi connectivity index (χ0) is 9.94. The molecule has 0 radical (unpaired) electrons. The zero-order valence-electron chi connectivity index (χ0n) is 8.37. The lowest BCUT2D eigenvalue weighted by atomic mass is 10.1. The Morgan fingerprint density at radius 3 is 2.46 bits per heavy atom. The molecule has 0 aromatic rings. The summed E-state index contributed by atoms with van der Waals surface area (Å²) in [5, 5.41) is 7.20. The lowest BCUT2D eigenvalue weighted by Gasteiger charge is -1.94. The molecule has 0 aliphatic rings. The predicted molar refractivity (Wildman–Crippen MR) is 57.7 cm³/mol. The normalized spacial score (nSPS) is 10.5. The molecule has 76 valence electrons. The third-order valence-electron chi connectivity index (χ3n) is 1.69. The number of unbranched alkanes of at least 4 members (excludes halogenated alkanes) is 5. The summed E-state index contributed by atoms with van der Waals surface area (Å²) in [7, 11) is 0. The fourth-order valence-electron chi connectivity index (χ4n) is 1.00. The van der Waals surface area contributed by atoms with Gasteiger partial charge in [0.25, 0.3) is 0 Å². The van der Waals surface area contributed by atoms with Gasteiger partial charge < -0.3 is 11.5 Å². The third kappa shape index (κ3) is 10.9. The highest BCUT2D eigenvalue weighted by Gasteiger charge is 1.86. The van der Waals surface area contributed by atoms with E-state index < -0.39 is 0 Å². The highest BCUT2D eigenvalue weighted by atomic mass is 15.3. The summed E-state index contributed by atoms with van der Waals surface area (Å²) in [6.45, 7) is 2.21. The third-order valence-corrected chi connectivity index (χ3v) is 1.69. The van der Waals surface area contributed by atoms with E-state index in [1.807, 2.05) is 0 Å². The van der Waals surface area contributed by atoms with Gasteiger partial charge in [0.1, 0.15) is 0 Å². The van der Waals surface area contributed by atoms with Gasteiger partial charge in [-0.2, -0.15) is 5.10 Å². The first-order valence-electron chi connectivity index (χ1n) is 4.87. The van der Waals surface area contributed by atoms with Crippen LogP contribution in [0.1, 0.15) is 45.4 Å². The molecule has 13 heavy (non-hydrogen) atoms. The Balaban J connectivity index is 3.16. The van der Waals surface area contributed by atoms with Gasteiger partial charge in [-0.15, -0.1) is 5.10 Å². The van der Waals surface area contributed by atoms with E-state index in [-0.39, 0.29) is 5.96 Å². The van der Waals surface area contributed by atoms with Crippen molar-refractivity contribution in [3.63, 3.8) is 0 Å². The molecule has 0 fully saturated rings. The minimum absolute atomic E-state index is 0.0160. The Kier molecular flexibility index (Phi) is 8.30. The lowest BCUT2D eigenvalue weighted by molar-refractivity contribution is 0.645. The second-order valence-corrected chi connectivity index (χ2v) is 3.03. The van der Waals surface area contributed by atoms with Crippen molar-refractivity contribution in [2.24, 2.45) is 21.7 Å². The second kappa shape index (κ2) is 9.03. The largest absolute Gasteiger partial charge is 0.369 e. The summed E-state index contributed by atoms with van der Waals surface area (Å²) in [6, 6.07) is 0. The number of guanidine groups is 1. The number of hydrogen-bond acceptors (Lipinski definition) is 2. The van der Waals surface area contributed by atoms with E-state index in [0.29, 0.717) is 0 Å². The molecule has 0 amide bonds. The molecular formula is C9H20N4. The van der Waals surface area contributed by atoms with Crippen LogP contribution in [0.3, 0.4) is 0 Å². The number of rotatable bonds is 7. The summed E-state index contributed by atoms with van der Waals surface area (Å²) in [5.41, 5.74) is 10.2. The molecule has 0 heterocycles. The van der Waals surface area contributed by atoms with Crippen LogP contribution in [0.15, 0.2) is 10.2 Å². The summed E-state index contributed by atoms with van der Waals surface area (Å²) >= 11 is 0. The monoisotopic (exact) mass is 184 g/mol. The Hall–Kier alpha value is -1.06. The van der Waals surface area contributed by atoms with Crippen molar-refractivity contribution >= 4 is 12.2 Å². The minimum Gasteiger partial charge on any atom is -0.369 e. The van der Waals surface area contributed by atoms with Gasteiger partial charge in [0.05, 0.1) is 0 Å². The first-order valence-corrected chi connectivity index (χ1v) is 4.87. The maximum Gasteiger partial charge on any atom is 0.211 e. The zero-order valence-corrected chi connectivity index (χ0v) is 8.37. The number of nitrogens with zero attached hydrogens (tertiary/aromatic N) is 2. The average Bonchev–Trinajstić information content (AvgIpc) is 2.09. The van der Waals surface area contributed by atoms with Crippen LogP contribution in [0.25, 0.3) is 0 Å². The van der Waals surface area contributed by atoms with Crippen LogP contribution >= 0.6 is 0 Å². The van der Waals surface area contributed by atoms with Gasteiger partial charge in [-0.1, -0.05) is 32.6 Å². The van der Waals surface area contributed by atoms with Gasteiger partial charge in [0.15, 0.2) is 0 Å². The van der Waals surface area contributed by atoms with Crippen molar-refractivity contribution in [2.75, 3.05) is 0 Å². The summed E-state index contributed by atoms with van der Waals surface area (Å²) in [6.07, 6.45) is 9.07. The Bertz CT molecular complexity index is 159. The molecule has 0 saturated carbocycles. The molecule has 0 aliphatic heterocycles. The van der Waals surface area contributed by atoms with E-state index >= 15 is 0 Å². The molecule has 4 N–H and O–H groups in total. The summed E-state index contributed by atoms with van der Waals surface area (Å²) in [5.74, 6) is 0.0160. The smallest absolute Gasteiger partial charge is 0.211 e. The van der Waals surface area contributed by atoms with Gasteiger partial charge in [-0.3, -0.25) is 0 Å². The molecule has 0 atom stereocenters. The quantitative estimate of drug-likeness (QED) is 0.273. The molecule has 4 heteroatoms. The van der Waals surface area contributed by atoms with Gasteiger partial charge >= 0.3 is 0 Å². The lowest BCUT2D eigenvalue weighted by Crippen LogP contribution is -2.21. The standard InChI is InChI=1S/C9H20N4/c1-2-3-4-5-6-7-8-12-13-9(10)11/h8H,2-7H2,1H3,(H4,10,11,13)/b12-8+. The molecule has 0 saturated heterocycles. The Morgan fingerprint density at radius 2 is 1.85 bits per heavy atom. The van der Waals surface area contributed by atoms with E-state index in [4.69, 9.17) is 11.5 Å². The Labute approximate surface area is 80.1 Å². The molecule has 0 spiro atoms. The van der Waals surface area contributed by atoms with E-state index in [0.717, 1.165) is 6.42 Å². The molecule has 0 unspecified atom stereocenters. The van der Waals surface area contributed by atoms with Crippen LogP contribution < -0.4 is 11.5 Å². The SMILES string of the molecule is CCCCCCC/C=N/N=C(N)N. The molecular weight excluding hydrogens is 164 g/mol. The average molecular weight is 184 g/mol. The predicted octanol–water partition coefficient (Wildman–Crippen LogP) is 1.61. The van der Waals surface area contributed by atoms with Crippen molar-refractivity contribution in [2.45, 2.75) is 45.4 Å². The van der Waals surface area contributed by atoms with Gasteiger partial charge in [0.2, 0.25) is 5.96 Å². The van der Waals surface area contributed by atoms with Gasteiger partial charge in [0, 0.05) is 6.21 Å². The van der Waals surface area contributed by atoms with Crippen molar-refractivity contribution < 1.29 is 0 Å². The molecule has 0 aromatic heterocycles. The van der Waals surface area contributed by atoms with Crippen molar-refractivity contribution in [1.82, 2.24) is 0 Å². The van der Waals surface area contributed by atoms with Crippen LogP contribution in [-0.4, -0.2) is 12.2 Å². The summed E-state index contributed by atoms with van der Waals surface area (Å²) < 4.78 is 0. The first kappa shape index (κ1) is 11.9. The fourth-order valence-corrected chi connectivity index (χ4v) is 1.00. The van der Waals surface area contributed by atoms with Crippen LogP contribution in [0, 0.1) is 0 Å². The van der Waals surface area contributed by atoms with E-state index in [9.17, 15) is 0 Å². The van der Waals surface area contributed by atoms with Crippen molar-refractivity contribution in [1.29, 1.82) is 0 Å². The van der Waals surface area contributed by atoms with E-state index in [1.54, 1.807) is 6.21 Å². The van der Waals surface area contributed by atoms with Crippen LogP contribution in [0.5, 0.6) is 0 Å². The van der Waals surface area contributed by atoms with Gasteiger partial charge in [-0.25, -0.2) is 0 Å². The second-order valence-electron chi connectivity index (χ2n) is 3.03. The molecule has 0 aromatic carbocycles. The highest BCUT2D eigenvalue weighted by Crippen LogP contribution is 2.03. The van der Waals surface area contributed by atoms with E-state index in [1.165, 1.54) is 32.1 Å². The molecule has 0 rings (SSSR count). The first-order chi connectivity index (χ1) is 6.27. The van der Waals surface area contributed by atoms with Crippen molar-refractivity contribution in [3.8, 4) is 0 Å². The Morgan fingerprint density at radius 1 is 1.15 bits per heavy atom. The minimum atomic E-state index is 0.0160. The maximum absolute atomic E-state index is 5.09. The van der Waals surface area contributed by atoms with Crippen LogP contribution in [0.2, 0.25) is 0 Å². The number of nitrogens with two attached hydrogens (primary N) is 2. The fraction of sp³-hybridized carbons (Fsp3) is 0.778. The molecule has 0 bridgehead atoms. The van der Waals surface area contributed by atoms with Gasteiger partial charge in [-0.05, 0) is 12.8 Å². The van der Waals surface area contributed by atoms with Crippen molar-refractivity contribution in [3.05, 3.63) is 0 Å². The highest BCUT2D eigenvalue weighted by molar-refractivity contribution is 5.76. The van der Waals surface area contributed by atoms with E-state index in [2.05, 4.69) is 17.1 Å². The molecule has 4 nitrogen and oxygen atoms in total. The molecule has 0 aliphatic carbocycles. The summed E-state index contributed by atoms with van der Waals surface area (Å²) in [4.78, 5) is 0. The maximum atomic E-state index is 5.09.